The summed E-state index contributed by atoms with van der Waals surface area (Å²) in [6.07, 6.45) is -20.1. The van der Waals surface area contributed by atoms with Crippen molar-refractivity contribution >= 4 is 17.7 Å². The van der Waals surface area contributed by atoms with Gasteiger partial charge in [-0.3, -0.25) is 4.79 Å². The Morgan fingerprint density at radius 3 is 2.30 bits per heavy atom. The predicted octanol–water partition coefficient (Wildman–Crippen LogP) is -2.07. The number of ketones is 1. The van der Waals surface area contributed by atoms with Crippen LogP contribution in [0.5, 0.6) is 28.7 Å². The van der Waals surface area contributed by atoms with E-state index in [2.05, 4.69) is 4.98 Å². The molecular formula is C34H37NO19. The van der Waals surface area contributed by atoms with E-state index in [0.29, 0.717) is 12.0 Å². The Hall–Kier alpha value is -5.03. The molecule has 6 rings (SSSR count). The molecule has 54 heavy (non-hydrogen) atoms. The molecule has 0 amide bonds. The lowest BCUT2D eigenvalue weighted by Gasteiger charge is -2.44. The normalized spacial score (nSPS) is 30.6. The second-order valence-corrected chi connectivity index (χ2v) is 13.0. The van der Waals surface area contributed by atoms with Crippen LogP contribution in [-0.2, 0) is 36.6 Å². The van der Waals surface area contributed by atoms with Crippen molar-refractivity contribution in [3.63, 3.8) is 0 Å². The number of hydrogen-bond acceptors (Lipinski definition) is 18. The molecule has 4 heterocycles. The summed E-state index contributed by atoms with van der Waals surface area (Å²) in [5.41, 5.74) is 1.46. The van der Waals surface area contributed by atoms with E-state index in [-0.39, 0.29) is 41.0 Å². The molecule has 2 fully saturated rings. The molecule has 1 aromatic heterocycles. The number of carbonyl (C=O) groups excluding carboxylic acids is 2. The van der Waals surface area contributed by atoms with E-state index in [1.807, 2.05) is 6.92 Å². The van der Waals surface area contributed by atoms with Gasteiger partial charge < -0.3 is 84.8 Å². The van der Waals surface area contributed by atoms with E-state index in [1.54, 1.807) is 12.3 Å². The summed E-state index contributed by atoms with van der Waals surface area (Å²) in [4.78, 5) is 41.3. The number of carboxylic acids is 1. The van der Waals surface area contributed by atoms with Crippen LogP contribution in [0.4, 0.5) is 0 Å². The molecule has 3 aromatic rings. The molecular weight excluding hydrogens is 726 g/mol. The van der Waals surface area contributed by atoms with Crippen LogP contribution in [0.2, 0.25) is 0 Å². The van der Waals surface area contributed by atoms with E-state index in [4.69, 9.17) is 23.7 Å². The van der Waals surface area contributed by atoms with E-state index >= 15 is 0 Å². The molecule has 0 spiro atoms. The Morgan fingerprint density at radius 2 is 1.65 bits per heavy atom. The fourth-order valence-corrected chi connectivity index (χ4v) is 6.35. The number of aliphatic carboxylic acids is 1. The number of aromatic amines is 1. The number of H-pyrrole nitrogens is 1. The summed E-state index contributed by atoms with van der Waals surface area (Å²) in [6.45, 7) is 1.89. The first-order valence-corrected chi connectivity index (χ1v) is 16.5. The third-order valence-corrected chi connectivity index (χ3v) is 9.38. The predicted molar refractivity (Wildman–Crippen MR) is 172 cm³/mol. The van der Waals surface area contributed by atoms with Gasteiger partial charge >= 0.3 is 11.9 Å². The number of esters is 1. The molecule has 2 aromatic carbocycles. The van der Waals surface area contributed by atoms with Gasteiger partial charge in [-0.2, -0.15) is 0 Å². The number of fused-ring (bicyclic) bond motifs is 1. The zero-order valence-electron chi connectivity index (χ0n) is 28.0. The van der Waals surface area contributed by atoms with Gasteiger partial charge in [-0.25, -0.2) is 9.59 Å². The number of rotatable bonds is 9. The van der Waals surface area contributed by atoms with Crippen molar-refractivity contribution in [3.8, 4) is 28.7 Å². The number of aromatic hydroxyl groups is 3. The van der Waals surface area contributed by atoms with E-state index < -0.39 is 102 Å². The van der Waals surface area contributed by atoms with Gasteiger partial charge in [-0.05, 0) is 35.7 Å². The van der Waals surface area contributed by atoms with E-state index in [0.717, 1.165) is 5.69 Å². The summed E-state index contributed by atoms with van der Waals surface area (Å²) in [7, 11) is 0. The van der Waals surface area contributed by atoms with Crippen molar-refractivity contribution in [1.82, 2.24) is 4.98 Å². The number of phenols is 3. The van der Waals surface area contributed by atoms with E-state index in [1.165, 1.54) is 24.3 Å². The Balaban J connectivity index is 1.32. The number of hydrogen-bond donors (Lipinski definition) is 12. The van der Waals surface area contributed by atoms with Gasteiger partial charge in [-0.1, -0.05) is 13.0 Å². The molecule has 3 aliphatic rings. The number of nitrogens with one attached hydrogen (secondary N) is 1. The number of carboxylic acid groups (broad SMARTS) is 1. The van der Waals surface area contributed by atoms with Crippen LogP contribution in [0.25, 0.3) is 0 Å². The number of ether oxygens (including phenoxy) is 5. The molecule has 10 atom stereocenters. The fourth-order valence-electron chi connectivity index (χ4n) is 6.35. The highest BCUT2D eigenvalue weighted by Gasteiger charge is 2.59. The molecule has 20 heteroatoms. The molecule has 292 valence electrons. The van der Waals surface area contributed by atoms with Crippen LogP contribution in [0.1, 0.15) is 52.2 Å². The molecule has 0 aliphatic carbocycles. The molecule has 3 aliphatic heterocycles. The van der Waals surface area contributed by atoms with Crippen molar-refractivity contribution in [2.24, 2.45) is 0 Å². The largest absolute Gasteiger partial charge is 0.507 e. The maximum atomic E-state index is 13.5. The zero-order chi connectivity index (χ0) is 39.4. The topological polar surface area (TPSA) is 336 Å². The van der Waals surface area contributed by atoms with Crippen molar-refractivity contribution in [2.75, 3.05) is 0 Å². The summed E-state index contributed by atoms with van der Waals surface area (Å²) in [6, 6.07) is 6.73. The smallest absolute Gasteiger partial charge is 0.340 e. The van der Waals surface area contributed by atoms with Crippen LogP contribution in [-0.4, -0.2) is 140 Å². The molecule has 20 nitrogen and oxygen atoms in total. The van der Waals surface area contributed by atoms with Gasteiger partial charge in [0, 0.05) is 29.9 Å². The van der Waals surface area contributed by atoms with Gasteiger partial charge in [0.05, 0.1) is 6.42 Å². The lowest BCUT2D eigenvalue weighted by atomic mass is 9.92. The number of Topliss-reactive ketones (excluding diaryl/α,β-unsaturated/α-hetero) is 1. The highest BCUT2D eigenvalue weighted by molar-refractivity contribution is 6.03. The first-order valence-electron chi connectivity index (χ1n) is 16.5. The summed E-state index contributed by atoms with van der Waals surface area (Å²) in [5, 5.41) is 113. The lowest BCUT2D eigenvalue weighted by molar-refractivity contribution is -0.372. The van der Waals surface area contributed by atoms with Crippen molar-refractivity contribution in [2.45, 2.75) is 93.4 Å². The monoisotopic (exact) mass is 763 g/mol. The number of phenolic OH excluding ortho intramolecular Hbond substituents is 3. The maximum Gasteiger partial charge on any atom is 0.340 e. The Bertz CT molecular complexity index is 1930. The van der Waals surface area contributed by atoms with Crippen LogP contribution in [0.15, 0.2) is 36.5 Å². The first-order chi connectivity index (χ1) is 25.4. The number of aliphatic hydroxyl groups excluding tert-OH is 5. The third kappa shape index (κ3) is 7.01. The maximum absolute atomic E-state index is 13.5. The van der Waals surface area contributed by atoms with Crippen molar-refractivity contribution < 1.29 is 94.2 Å². The Labute approximate surface area is 303 Å². The van der Waals surface area contributed by atoms with Crippen LogP contribution in [0, 0.1) is 0 Å². The molecule has 0 saturated carbocycles. The summed E-state index contributed by atoms with van der Waals surface area (Å²) in [5.74, 6) is -9.78. The van der Waals surface area contributed by atoms with Gasteiger partial charge in [0.25, 0.3) is 0 Å². The minimum Gasteiger partial charge on any atom is -0.507 e. The van der Waals surface area contributed by atoms with Crippen molar-refractivity contribution in [1.29, 1.82) is 0 Å². The molecule has 12 N–H and O–H groups in total. The van der Waals surface area contributed by atoms with Crippen LogP contribution >= 0.6 is 0 Å². The molecule has 0 bridgehead atoms. The first kappa shape index (κ1) is 38.7. The molecule has 0 radical (unpaired) electrons. The second-order valence-electron chi connectivity index (χ2n) is 13.0. The minimum atomic E-state index is -3.52. The SMILES string of the molecule is CCc1cc(Cc2c(O[C@H]3O[C@H](C(=O)O[C@H]4O[C@H](C(=O)O)C(O)(O)[C@H](O)[C@H]4O)[C@@H](O)[C@H](O)[C@H]3O)cc3c(c2O)C(=O)CC(c2ccc(O)c(O)c2)O3)c[nH]1. The highest BCUT2D eigenvalue weighted by Crippen LogP contribution is 2.47. The van der Waals surface area contributed by atoms with Gasteiger partial charge in [-0.15, -0.1) is 0 Å². The Kier molecular flexibility index (Phi) is 10.5. The van der Waals surface area contributed by atoms with Crippen molar-refractivity contribution in [3.05, 3.63) is 64.5 Å². The zero-order valence-corrected chi connectivity index (χ0v) is 28.0. The average Bonchev–Trinajstić information content (AvgIpc) is 3.58. The van der Waals surface area contributed by atoms with Gasteiger partial charge in [0.2, 0.25) is 24.5 Å². The van der Waals surface area contributed by atoms with Crippen LogP contribution in [0.3, 0.4) is 0 Å². The third-order valence-electron chi connectivity index (χ3n) is 9.38. The summed E-state index contributed by atoms with van der Waals surface area (Å²) < 4.78 is 27.1. The standard InChI is InChI=1S/C34H37NO19/c1-2-13-5-11(10-35-13)6-14-19(9-20-21(22(14)39)17(38)8-18(50-20)12-3-4-15(36)16(37)7-12)51-32-25(42)23(40)24(41)27(52-32)31(47)54-33-26(43)28(44)34(48,49)29(53-33)30(45)46/h3-5,7,9-10,18,23-29,32-33,35-37,39-44,48-49H,2,6,8H2,1H3,(H,45,46)/t18?,23-,24-,25+,26+,27-,28+,29+,32-,33+/m0/s1. The van der Waals surface area contributed by atoms with Gasteiger partial charge in [0.15, 0.2) is 23.4 Å². The quantitative estimate of drug-likeness (QED) is 0.0633. The number of carbonyl (C=O) groups is 3. The minimum absolute atomic E-state index is 0.0347. The van der Waals surface area contributed by atoms with Crippen LogP contribution < -0.4 is 9.47 Å². The summed E-state index contributed by atoms with van der Waals surface area (Å²) >= 11 is 0. The van der Waals surface area contributed by atoms with Gasteiger partial charge in [0.1, 0.15) is 59.4 Å². The number of aliphatic hydroxyl groups is 7. The Morgan fingerprint density at radius 1 is 0.926 bits per heavy atom. The molecule has 2 saturated heterocycles. The number of aryl methyl sites for hydroxylation is 1. The fraction of sp³-hybridized carbons (Fsp3) is 0.441. The lowest BCUT2D eigenvalue weighted by Crippen LogP contribution is -2.69. The van der Waals surface area contributed by atoms with E-state index in [9.17, 15) is 70.6 Å². The second kappa shape index (κ2) is 14.7. The molecule has 1 unspecified atom stereocenters. The average molecular weight is 764 g/mol. The number of aromatic nitrogens is 1. The number of benzene rings is 2. The highest BCUT2D eigenvalue weighted by atomic mass is 16.8.